The van der Waals surface area contributed by atoms with Crippen molar-refractivity contribution in [3.8, 4) is 0 Å². The van der Waals surface area contributed by atoms with Crippen LogP contribution in [0.3, 0.4) is 0 Å². The Morgan fingerprint density at radius 3 is 1.74 bits per heavy atom. The Morgan fingerprint density at radius 1 is 0.870 bits per heavy atom. The summed E-state index contributed by atoms with van der Waals surface area (Å²) in [4.78, 5) is 55.9. The number of carbonyl (C=O) groups is 5. The minimum absolute atomic E-state index is 0.263. The molecule has 0 rings (SSSR count). The van der Waals surface area contributed by atoms with Crippen molar-refractivity contribution in [1.82, 2.24) is 21.3 Å². The van der Waals surface area contributed by atoms with Crippen molar-refractivity contribution >= 4 is 29.6 Å². The first-order valence-electron chi connectivity index (χ1n) is 6.73. The highest BCUT2D eigenvalue weighted by molar-refractivity contribution is 5.92. The van der Waals surface area contributed by atoms with Gasteiger partial charge in [0.05, 0.1) is 13.1 Å². The van der Waals surface area contributed by atoms with Crippen LogP contribution in [0.15, 0.2) is 0 Å². The van der Waals surface area contributed by atoms with Gasteiger partial charge in [-0.25, -0.2) is 0 Å². The average molecular weight is 331 g/mol. The third kappa shape index (κ3) is 9.03. The van der Waals surface area contributed by atoms with Gasteiger partial charge in [-0.15, -0.1) is 0 Å². The molecule has 0 heterocycles. The van der Waals surface area contributed by atoms with Gasteiger partial charge in [0, 0.05) is 0 Å². The van der Waals surface area contributed by atoms with E-state index < -0.39 is 54.8 Å². The summed E-state index contributed by atoms with van der Waals surface area (Å²) in [6.45, 7) is 1.55. The molecule has 2 atom stereocenters. The average Bonchev–Trinajstić information content (AvgIpc) is 2.49. The maximum atomic E-state index is 11.6. The van der Waals surface area contributed by atoms with Crippen LogP contribution in [0.4, 0.5) is 0 Å². The number of amides is 4. The van der Waals surface area contributed by atoms with E-state index in [4.69, 9.17) is 10.8 Å². The van der Waals surface area contributed by atoms with Gasteiger partial charge in [-0.05, 0) is 13.8 Å². The molecule has 0 aromatic rings. The summed E-state index contributed by atoms with van der Waals surface area (Å²) in [6.07, 6.45) is 0. The van der Waals surface area contributed by atoms with E-state index in [1.54, 1.807) is 0 Å². The maximum Gasteiger partial charge on any atom is 0.322 e. The second kappa shape index (κ2) is 10.1. The molecule has 0 aliphatic carbocycles. The van der Waals surface area contributed by atoms with Crippen LogP contribution >= 0.6 is 0 Å². The highest BCUT2D eigenvalue weighted by Gasteiger charge is 2.18. The largest absolute Gasteiger partial charge is 0.480 e. The molecule has 0 aliphatic heterocycles. The fraction of sp³-hybridized carbons (Fsp3) is 0.583. The Bertz CT molecular complexity index is 481. The number of nitrogens with two attached hydrogens (primary N) is 1. The van der Waals surface area contributed by atoms with E-state index in [1.165, 1.54) is 13.8 Å². The molecular weight excluding hydrogens is 310 g/mol. The van der Waals surface area contributed by atoms with Gasteiger partial charge in [0.1, 0.15) is 18.6 Å². The van der Waals surface area contributed by atoms with Gasteiger partial charge in [0.15, 0.2) is 0 Å². The first kappa shape index (κ1) is 20.3. The smallest absolute Gasteiger partial charge is 0.322 e. The van der Waals surface area contributed by atoms with Crippen molar-refractivity contribution in [2.75, 3.05) is 19.6 Å². The van der Waals surface area contributed by atoms with E-state index in [1.807, 2.05) is 0 Å². The van der Waals surface area contributed by atoms with Crippen LogP contribution in [0.2, 0.25) is 0 Å². The van der Waals surface area contributed by atoms with Gasteiger partial charge in [-0.3, -0.25) is 24.0 Å². The Balaban J connectivity index is 4.14. The topological polar surface area (TPSA) is 180 Å². The number of carboxylic acid groups (broad SMARTS) is 1. The zero-order valence-corrected chi connectivity index (χ0v) is 12.8. The Labute approximate surface area is 132 Å². The summed E-state index contributed by atoms with van der Waals surface area (Å²) in [5.74, 6) is -3.63. The minimum Gasteiger partial charge on any atom is -0.480 e. The van der Waals surface area contributed by atoms with Gasteiger partial charge >= 0.3 is 5.97 Å². The molecule has 130 valence electrons. The number of carboxylic acids is 1. The van der Waals surface area contributed by atoms with Crippen molar-refractivity contribution < 1.29 is 29.1 Å². The van der Waals surface area contributed by atoms with Gasteiger partial charge in [-0.2, -0.15) is 0 Å². The van der Waals surface area contributed by atoms with E-state index >= 15 is 0 Å². The van der Waals surface area contributed by atoms with Crippen LogP contribution in [0.5, 0.6) is 0 Å². The molecule has 23 heavy (non-hydrogen) atoms. The predicted octanol–water partition coefficient (Wildman–Crippen LogP) is -3.73. The minimum atomic E-state index is -1.21. The van der Waals surface area contributed by atoms with E-state index in [2.05, 4.69) is 21.3 Å². The Morgan fingerprint density at radius 2 is 1.30 bits per heavy atom. The van der Waals surface area contributed by atoms with Crippen LogP contribution in [-0.4, -0.2) is 66.4 Å². The summed E-state index contributed by atoms with van der Waals surface area (Å²) >= 11 is 0. The molecule has 7 N–H and O–H groups in total. The van der Waals surface area contributed by atoms with Crippen LogP contribution in [0.25, 0.3) is 0 Å². The van der Waals surface area contributed by atoms with Crippen LogP contribution in [0, 0.1) is 0 Å². The van der Waals surface area contributed by atoms with Crippen LogP contribution in [0.1, 0.15) is 13.8 Å². The number of rotatable bonds is 9. The zero-order valence-electron chi connectivity index (χ0n) is 12.8. The lowest BCUT2D eigenvalue weighted by molar-refractivity contribution is -0.138. The molecule has 0 saturated carbocycles. The van der Waals surface area contributed by atoms with Gasteiger partial charge in [0.2, 0.25) is 23.6 Å². The number of nitrogens with one attached hydrogen (secondary N) is 4. The fourth-order valence-electron chi connectivity index (χ4n) is 1.36. The molecule has 0 aromatic heterocycles. The summed E-state index contributed by atoms with van der Waals surface area (Å²) in [7, 11) is 0. The van der Waals surface area contributed by atoms with Crippen LogP contribution in [-0.2, 0) is 24.0 Å². The zero-order chi connectivity index (χ0) is 18.0. The highest BCUT2D eigenvalue weighted by atomic mass is 16.4. The van der Waals surface area contributed by atoms with E-state index in [9.17, 15) is 24.0 Å². The van der Waals surface area contributed by atoms with Crippen molar-refractivity contribution in [3.63, 3.8) is 0 Å². The second-order valence-electron chi connectivity index (χ2n) is 4.61. The van der Waals surface area contributed by atoms with Crippen molar-refractivity contribution in [3.05, 3.63) is 0 Å². The molecule has 0 spiro atoms. The summed E-state index contributed by atoms with van der Waals surface area (Å²) in [6, 6.07) is -1.83. The monoisotopic (exact) mass is 331 g/mol. The fourth-order valence-corrected chi connectivity index (χ4v) is 1.36. The van der Waals surface area contributed by atoms with E-state index in [0.717, 1.165) is 0 Å². The third-order valence-corrected chi connectivity index (χ3v) is 2.56. The lowest BCUT2D eigenvalue weighted by Crippen LogP contribution is -2.51. The van der Waals surface area contributed by atoms with Crippen molar-refractivity contribution in [2.45, 2.75) is 25.9 Å². The Kier molecular flexibility index (Phi) is 8.92. The number of aliphatic carboxylic acids is 1. The lowest BCUT2D eigenvalue weighted by Gasteiger charge is -2.15. The molecule has 0 fully saturated rings. The number of carbonyl (C=O) groups excluding carboxylic acids is 4. The molecule has 0 bridgehead atoms. The predicted molar refractivity (Wildman–Crippen MR) is 77.9 cm³/mol. The normalized spacial score (nSPS) is 12.5. The summed E-state index contributed by atoms with van der Waals surface area (Å²) in [5, 5.41) is 17.4. The van der Waals surface area contributed by atoms with Gasteiger partial charge in [0.25, 0.3) is 0 Å². The number of hydrogen-bond acceptors (Lipinski definition) is 6. The molecule has 4 amide bonds. The van der Waals surface area contributed by atoms with Crippen LogP contribution < -0.4 is 27.0 Å². The molecule has 11 heteroatoms. The second-order valence-corrected chi connectivity index (χ2v) is 4.61. The van der Waals surface area contributed by atoms with Crippen molar-refractivity contribution in [2.24, 2.45) is 5.73 Å². The third-order valence-electron chi connectivity index (χ3n) is 2.56. The first-order chi connectivity index (χ1) is 10.7. The standard InChI is InChI=1S/C12H21N5O6/c1-6(16-8(18)3-13)11(22)14-4-9(19)17-7(2)12(23)15-5-10(20)21/h6-7H,3-5,13H2,1-2H3,(H,14,22)(H,15,23)(H,16,18)(H,17,19)(H,20,21)/t6-,7-/m0/s1. The van der Waals surface area contributed by atoms with E-state index in [-0.39, 0.29) is 6.54 Å². The van der Waals surface area contributed by atoms with Gasteiger partial charge in [-0.1, -0.05) is 0 Å². The highest BCUT2D eigenvalue weighted by Crippen LogP contribution is 1.84. The van der Waals surface area contributed by atoms with Gasteiger partial charge < -0.3 is 32.1 Å². The molecule has 11 nitrogen and oxygen atoms in total. The molecule has 0 aromatic carbocycles. The maximum absolute atomic E-state index is 11.6. The molecule has 0 unspecified atom stereocenters. The SMILES string of the molecule is C[C@H](NC(=O)CN)C(=O)NCC(=O)N[C@@H](C)C(=O)NCC(=O)O. The first-order valence-corrected chi connectivity index (χ1v) is 6.73. The Hall–Kier alpha value is -2.69. The quantitative estimate of drug-likeness (QED) is 0.251. The van der Waals surface area contributed by atoms with Crippen molar-refractivity contribution in [1.29, 1.82) is 0 Å². The van der Waals surface area contributed by atoms with E-state index in [0.29, 0.717) is 0 Å². The lowest BCUT2D eigenvalue weighted by atomic mass is 10.3. The molecule has 0 saturated heterocycles. The summed E-state index contributed by atoms with van der Waals surface area (Å²) in [5.41, 5.74) is 5.09. The molecule has 0 radical (unpaired) electrons. The molecular formula is C12H21N5O6. The number of hydrogen-bond donors (Lipinski definition) is 6. The molecule has 0 aliphatic rings. The summed E-state index contributed by atoms with van der Waals surface area (Å²) < 4.78 is 0.